The first kappa shape index (κ1) is 14.8. The van der Waals surface area contributed by atoms with Gasteiger partial charge in [0.2, 0.25) is 0 Å². The summed E-state index contributed by atoms with van der Waals surface area (Å²) < 4.78 is 11.4. The van der Waals surface area contributed by atoms with Crippen molar-refractivity contribution in [2.24, 2.45) is 5.92 Å². The van der Waals surface area contributed by atoms with Crippen molar-refractivity contribution in [2.75, 3.05) is 6.54 Å². The van der Waals surface area contributed by atoms with Gasteiger partial charge in [-0.3, -0.25) is 4.79 Å². The van der Waals surface area contributed by atoms with Gasteiger partial charge in [0.1, 0.15) is 12.1 Å². The smallest absolute Gasteiger partial charge is 0.323 e. The summed E-state index contributed by atoms with van der Waals surface area (Å²) in [7, 11) is 0. The zero-order valence-corrected chi connectivity index (χ0v) is 12.4. The van der Waals surface area contributed by atoms with E-state index in [1.807, 2.05) is 13.8 Å². The van der Waals surface area contributed by atoms with E-state index in [2.05, 4.69) is 12.2 Å². The topological polar surface area (TPSA) is 47.6 Å². The van der Waals surface area contributed by atoms with E-state index in [0.717, 1.165) is 32.2 Å². The minimum absolute atomic E-state index is 0.0232. The predicted octanol–water partition coefficient (Wildman–Crippen LogP) is 2.26. The summed E-state index contributed by atoms with van der Waals surface area (Å²) in [5.41, 5.74) is 0. The van der Waals surface area contributed by atoms with Crippen molar-refractivity contribution < 1.29 is 14.3 Å². The van der Waals surface area contributed by atoms with Crippen molar-refractivity contribution in [2.45, 2.75) is 77.2 Å². The fourth-order valence-corrected chi connectivity index (χ4v) is 3.23. The monoisotopic (exact) mass is 269 g/mol. The average molecular weight is 269 g/mol. The highest BCUT2D eigenvalue weighted by molar-refractivity contribution is 5.76. The van der Waals surface area contributed by atoms with E-state index in [1.54, 1.807) is 0 Å². The highest BCUT2D eigenvalue weighted by Gasteiger charge is 2.32. The molecule has 0 spiro atoms. The van der Waals surface area contributed by atoms with Crippen molar-refractivity contribution in [1.82, 2.24) is 5.32 Å². The number of carbonyl (C=O) groups is 1. The van der Waals surface area contributed by atoms with E-state index in [-0.39, 0.29) is 30.3 Å². The molecule has 2 saturated heterocycles. The summed E-state index contributed by atoms with van der Waals surface area (Å²) in [5, 5.41) is 3.29. The van der Waals surface area contributed by atoms with Gasteiger partial charge in [0.15, 0.2) is 0 Å². The molecule has 110 valence electrons. The van der Waals surface area contributed by atoms with E-state index in [1.165, 1.54) is 6.42 Å². The quantitative estimate of drug-likeness (QED) is 0.798. The van der Waals surface area contributed by atoms with E-state index in [9.17, 15) is 4.79 Å². The van der Waals surface area contributed by atoms with Gasteiger partial charge in [0.25, 0.3) is 0 Å². The number of nitrogens with one attached hydrogen (secondary N) is 1. The summed E-state index contributed by atoms with van der Waals surface area (Å²) in [6.45, 7) is 7.21. The van der Waals surface area contributed by atoms with Crippen LogP contribution >= 0.6 is 0 Å². The lowest BCUT2D eigenvalue weighted by Crippen LogP contribution is -2.46. The van der Waals surface area contributed by atoms with Crippen molar-refractivity contribution in [3.05, 3.63) is 0 Å². The second-order valence-corrected chi connectivity index (χ2v) is 6.09. The first-order valence-electron chi connectivity index (χ1n) is 7.67. The van der Waals surface area contributed by atoms with Gasteiger partial charge in [-0.2, -0.15) is 0 Å². The van der Waals surface area contributed by atoms with Crippen LogP contribution in [0.5, 0.6) is 0 Å². The molecule has 2 aliphatic heterocycles. The molecule has 0 amide bonds. The third-order valence-corrected chi connectivity index (χ3v) is 4.31. The number of hydrogen-bond acceptors (Lipinski definition) is 4. The molecule has 0 bridgehead atoms. The highest BCUT2D eigenvalue weighted by Crippen LogP contribution is 2.24. The van der Waals surface area contributed by atoms with Gasteiger partial charge in [0, 0.05) is 12.8 Å². The van der Waals surface area contributed by atoms with Crippen LogP contribution in [0, 0.1) is 5.92 Å². The van der Waals surface area contributed by atoms with Crippen molar-refractivity contribution in [3.63, 3.8) is 0 Å². The number of carbonyl (C=O) groups excluding carboxylic acids is 1. The number of esters is 1. The lowest BCUT2D eigenvalue weighted by Gasteiger charge is -2.34. The van der Waals surface area contributed by atoms with Crippen LogP contribution in [0.25, 0.3) is 0 Å². The molecule has 4 heteroatoms. The van der Waals surface area contributed by atoms with Crippen LogP contribution in [0.15, 0.2) is 0 Å². The average Bonchev–Trinajstić information content (AvgIpc) is 2.37. The van der Waals surface area contributed by atoms with Gasteiger partial charge in [-0.1, -0.05) is 13.3 Å². The molecule has 19 heavy (non-hydrogen) atoms. The zero-order chi connectivity index (χ0) is 13.8. The third kappa shape index (κ3) is 4.18. The minimum atomic E-state index is -0.104. The third-order valence-electron chi connectivity index (χ3n) is 4.31. The fourth-order valence-electron chi connectivity index (χ4n) is 3.23. The Morgan fingerprint density at radius 1 is 1.26 bits per heavy atom. The maximum absolute atomic E-state index is 12.2. The Hall–Kier alpha value is -0.610. The maximum atomic E-state index is 12.2. The maximum Gasteiger partial charge on any atom is 0.323 e. The summed E-state index contributed by atoms with van der Waals surface area (Å²) >= 11 is 0. The van der Waals surface area contributed by atoms with Crippen LogP contribution in [-0.4, -0.2) is 36.9 Å². The molecule has 4 nitrogen and oxygen atoms in total. The summed E-state index contributed by atoms with van der Waals surface area (Å²) in [6, 6.07) is -0.104. The molecule has 2 aliphatic rings. The molecule has 0 saturated carbocycles. The number of hydrogen-bond donors (Lipinski definition) is 1. The van der Waals surface area contributed by atoms with Crippen molar-refractivity contribution in [3.8, 4) is 0 Å². The molecule has 2 rings (SSSR count). The first-order chi connectivity index (χ1) is 9.08. The van der Waals surface area contributed by atoms with Gasteiger partial charge >= 0.3 is 5.97 Å². The normalized spacial score (nSPS) is 39.8. The molecule has 4 unspecified atom stereocenters. The van der Waals surface area contributed by atoms with E-state index >= 15 is 0 Å². The molecule has 0 aromatic carbocycles. The van der Waals surface area contributed by atoms with Crippen molar-refractivity contribution >= 4 is 5.97 Å². The summed E-state index contributed by atoms with van der Waals surface area (Å²) in [4.78, 5) is 12.2. The Labute approximate surface area is 116 Å². The minimum Gasteiger partial charge on any atom is -0.461 e. The zero-order valence-electron chi connectivity index (χ0n) is 12.4. The SMILES string of the molecule is CCC1CCNC(C(=O)OC2CC(C)OC(C)C2)C1. The lowest BCUT2D eigenvalue weighted by atomic mass is 9.90. The molecule has 0 aromatic heterocycles. The second-order valence-electron chi connectivity index (χ2n) is 6.09. The number of piperidine rings is 1. The Balaban J connectivity index is 1.83. The Morgan fingerprint density at radius 3 is 2.58 bits per heavy atom. The lowest BCUT2D eigenvalue weighted by molar-refractivity contribution is -0.163. The largest absolute Gasteiger partial charge is 0.461 e. The molecule has 1 N–H and O–H groups in total. The molecule has 0 aliphatic carbocycles. The van der Waals surface area contributed by atoms with Gasteiger partial charge in [-0.05, 0) is 39.2 Å². The van der Waals surface area contributed by atoms with Crippen LogP contribution in [0.1, 0.15) is 52.9 Å². The molecule has 0 aromatic rings. The van der Waals surface area contributed by atoms with Gasteiger partial charge < -0.3 is 14.8 Å². The fraction of sp³-hybridized carbons (Fsp3) is 0.933. The Kier molecular flexibility index (Phi) is 5.22. The summed E-state index contributed by atoms with van der Waals surface area (Å²) in [5.74, 6) is 0.593. The predicted molar refractivity (Wildman–Crippen MR) is 73.9 cm³/mol. The van der Waals surface area contributed by atoms with E-state index < -0.39 is 0 Å². The van der Waals surface area contributed by atoms with Crippen LogP contribution in [0.4, 0.5) is 0 Å². The second kappa shape index (κ2) is 6.71. The van der Waals surface area contributed by atoms with E-state index in [4.69, 9.17) is 9.47 Å². The van der Waals surface area contributed by atoms with E-state index in [0.29, 0.717) is 5.92 Å². The Bertz CT molecular complexity index is 298. The van der Waals surface area contributed by atoms with Crippen LogP contribution < -0.4 is 5.32 Å². The molecule has 0 radical (unpaired) electrons. The van der Waals surface area contributed by atoms with Gasteiger partial charge in [0.05, 0.1) is 12.2 Å². The van der Waals surface area contributed by atoms with Gasteiger partial charge in [-0.15, -0.1) is 0 Å². The van der Waals surface area contributed by atoms with Crippen LogP contribution in [0.2, 0.25) is 0 Å². The molecule has 2 heterocycles. The molecular weight excluding hydrogens is 242 g/mol. The van der Waals surface area contributed by atoms with Gasteiger partial charge in [-0.25, -0.2) is 0 Å². The van der Waals surface area contributed by atoms with Crippen LogP contribution in [-0.2, 0) is 14.3 Å². The molecule has 2 fully saturated rings. The Morgan fingerprint density at radius 2 is 1.95 bits per heavy atom. The molecule has 4 atom stereocenters. The number of rotatable bonds is 3. The standard InChI is InChI=1S/C15H27NO3/c1-4-12-5-6-16-14(9-12)15(17)19-13-7-10(2)18-11(3)8-13/h10-14,16H,4-9H2,1-3H3. The summed E-state index contributed by atoms with van der Waals surface area (Å²) in [6.07, 6.45) is 5.27. The van der Waals surface area contributed by atoms with Crippen LogP contribution in [0.3, 0.4) is 0 Å². The highest BCUT2D eigenvalue weighted by atomic mass is 16.6. The molecular formula is C15H27NO3. The number of ether oxygens (including phenoxy) is 2. The first-order valence-corrected chi connectivity index (χ1v) is 7.67. The van der Waals surface area contributed by atoms with Crippen molar-refractivity contribution in [1.29, 1.82) is 0 Å².